The summed E-state index contributed by atoms with van der Waals surface area (Å²) < 4.78 is 10.8. The molecule has 1 aliphatic heterocycles. The quantitative estimate of drug-likeness (QED) is 0.773. The van der Waals surface area contributed by atoms with Crippen LogP contribution in [0, 0.1) is 5.92 Å². The average Bonchev–Trinajstić information content (AvgIpc) is 2.74. The molecule has 0 spiro atoms. The molecule has 1 aromatic carbocycles. The Bertz CT molecular complexity index is 399. The van der Waals surface area contributed by atoms with Crippen LogP contribution in [0.5, 0.6) is 0 Å². The highest BCUT2D eigenvalue weighted by atomic mass is 16.5. The molecule has 1 aliphatic rings. The maximum Gasteiger partial charge on any atom is 0.310 e. The van der Waals surface area contributed by atoms with Crippen LogP contribution in [0.1, 0.15) is 18.9 Å². The Labute approximate surface area is 120 Å². The fraction of sp³-hybridized carbons (Fsp3) is 0.562. The molecule has 0 N–H and O–H groups in total. The lowest BCUT2D eigenvalue weighted by Crippen LogP contribution is -2.34. The summed E-state index contributed by atoms with van der Waals surface area (Å²) in [5.74, 6) is -0.226. The van der Waals surface area contributed by atoms with Gasteiger partial charge in [-0.3, -0.25) is 4.79 Å². The van der Waals surface area contributed by atoms with Gasteiger partial charge in [0.1, 0.15) is 6.61 Å². The molecule has 2 rings (SSSR count). The maximum atomic E-state index is 12.0. The van der Waals surface area contributed by atoms with E-state index >= 15 is 0 Å². The van der Waals surface area contributed by atoms with Crippen molar-refractivity contribution in [3.05, 3.63) is 35.9 Å². The van der Waals surface area contributed by atoms with Gasteiger partial charge in [0.25, 0.3) is 0 Å². The largest absolute Gasteiger partial charge is 0.461 e. The average molecular weight is 277 g/mol. The summed E-state index contributed by atoms with van der Waals surface area (Å²) in [6.45, 7) is 6.50. The van der Waals surface area contributed by atoms with Crippen molar-refractivity contribution in [1.29, 1.82) is 0 Å². The second-order valence-electron chi connectivity index (χ2n) is 5.26. The highest BCUT2D eigenvalue weighted by Crippen LogP contribution is 2.08. The van der Waals surface area contributed by atoms with Gasteiger partial charge in [-0.05, 0) is 12.0 Å². The highest BCUT2D eigenvalue weighted by Gasteiger charge is 2.19. The van der Waals surface area contributed by atoms with Crippen LogP contribution in [0.4, 0.5) is 0 Å². The van der Waals surface area contributed by atoms with Gasteiger partial charge in [0.05, 0.1) is 12.5 Å². The minimum atomic E-state index is -0.126. The fourth-order valence-electron chi connectivity index (χ4n) is 2.31. The Morgan fingerprint density at radius 2 is 2.10 bits per heavy atom. The van der Waals surface area contributed by atoms with Crippen molar-refractivity contribution in [2.75, 3.05) is 32.8 Å². The van der Waals surface area contributed by atoms with E-state index in [-0.39, 0.29) is 11.9 Å². The Morgan fingerprint density at radius 1 is 1.30 bits per heavy atom. The molecular formula is C16H23NO3. The topological polar surface area (TPSA) is 38.8 Å². The van der Waals surface area contributed by atoms with Gasteiger partial charge in [0, 0.05) is 26.2 Å². The van der Waals surface area contributed by atoms with Crippen LogP contribution in [-0.4, -0.2) is 43.7 Å². The molecule has 1 unspecified atom stereocenters. The monoisotopic (exact) mass is 277 g/mol. The molecule has 4 nitrogen and oxygen atoms in total. The van der Waals surface area contributed by atoms with Gasteiger partial charge in [0.2, 0.25) is 0 Å². The summed E-state index contributed by atoms with van der Waals surface area (Å²) in [4.78, 5) is 14.3. The fourth-order valence-corrected chi connectivity index (χ4v) is 2.31. The summed E-state index contributed by atoms with van der Waals surface area (Å²) in [6.07, 6.45) is 1.03. The molecule has 0 aromatic heterocycles. The lowest BCUT2D eigenvalue weighted by molar-refractivity contribution is -0.149. The normalized spacial score (nSPS) is 18.2. The number of hydrogen-bond acceptors (Lipinski definition) is 4. The number of esters is 1. The first-order valence-corrected chi connectivity index (χ1v) is 7.26. The molecule has 0 bridgehead atoms. The Morgan fingerprint density at radius 3 is 2.90 bits per heavy atom. The van der Waals surface area contributed by atoms with E-state index in [9.17, 15) is 4.79 Å². The molecule has 1 heterocycles. The molecule has 0 amide bonds. The van der Waals surface area contributed by atoms with E-state index in [1.165, 1.54) is 0 Å². The van der Waals surface area contributed by atoms with Gasteiger partial charge < -0.3 is 14.4 Å². The molecule has 1 aromatic rings. The zero-order valence-corrected chi connectivity index (χ0v) is 12.1. The SMILES string of the molecule is CC(CN1CCCOCC1)C(=O)OCc1ccccc1. The van der Waals surface area contributed by atoms with E-state index in [1.807, 2.05) is 37.3 Å². The van der Waals surface area contributed by atoms with Crippen molar-refractivity contribution in [1.82, 2.24) is 4.90 Å². The van der Waals surface area contributed by atoms with E-state index in [1.54, 1.807) is 0 Å². The first-order valence-electron chi connectivity index (χ1n) is 7.26. The zero-order valence-electron chi connectivity index (χ0n) is 12.1. The van der Waals surface area contributed by atoms with Gasteiger partial charge in [-0.1, -0.05) is 37.3 Å². The number of benzene rings is 1. The van der Waals surface area contributed by atoms with Gasteiger partial charge >= 0.3 is 5.97 Å². The summed E-state index contributed by atoms with van der Waals surface area (Å²) in [5.41, 5.74) is 1.02. The molecule has 1 fully saturated rings. The lowest BCUT2D eigenvalue weighted by Gasteiger charge is -2.22. The van der Waals surface area contributed by atoms with Crippen molar-refractivity contribution in [2.45, 2.75) is 20.0 Å². The minimum Gasteiger partial charge on any atom is -0.461 e. The number of nitrogens with zero attached hydrogens (tertiary/aromatic N) is 1. The third kappa shape index (κ3) is 4.94. The van der Waals surface area contributed by atoms with Gasteiger partial charge in [-0.2, -0.15) is 0 Å². The van der Waals surface area contributed by atoms with Gasteiger partial charge in [-0.25, -0.2) is 0 Å². The third-order valence-electron chi connectivity index (χ3n) is 3.47. The number of carbonyl (C=O) groups is 1. The second-order valence-corrected chi connectivity index (χ2v) is 5.26. The third-order valence-corrected chi connectivity index (χ3v) is 3.47. The van der Waals surface area contributed by atoms with Crippen LogP contribution in [-0.2, 0) is 20.9 Å². The molecule has 0 saturated carbocycles. The Kier molecular flexibility index (Phi) is 6.02. The molecule has 110 valence electrons. The Hall–Kier alpha value is -1.39. The smallest absolute Gasteiger partial charge is 0.310 e. The van der Waals surface area contributed by atoms with Gasteiger partial charge in [-0.15, -0.1) is 0 Å². The van der Waals surface area contributed by atoms with E-state index in [0.717, 1.165) is 44.8 Å². The summed E-state index contributed by atoms with van der Waals surface area (Å²) in [5, 5.41) is 0. The minimum absolute atomic E-state index is 0.100. The number of ether oxygens (including phenoxy) is 2. The second kappa shape index (κ2) is 8.02. The van der Waals surface area contributed by atoms with E-state index in [4.69, 9.17) is 9.47 Å². The van der Waals surface area contributed by atoms with E-state index in [0.29, 0.717) is 6.61 Å². The molecule has 4 heteroatoms. The van der Waals surface area contributed by atoms with Crippen molar-refractivity contribution >= 4 is 5.97 Å². The highest BCUT2D eigenvalue weighted by molar-refractivity contribution is 5.72. The maximum absolute atomic E-state index is 12.0. The summed E-state index contributed by atoms with van der Waals surface area (Å²) in [7, 11) is 0. The summed E-state index contributed by atoms with van der Waals surface area (Å²) >= 11 is 0. The summed E-state index contributed by atoms with van der Waals surface area (Å²) in [6, 6.07) is 9.77. The standard InChI is InChI=1S/C16H23NO3/c1-14(12-17-8-5-10-19-11-9-17)16(18)20-13-15-6-3-2-4-7-15/h2-4,6-7,14H,5,8-13H2,1H3. The lowest BCUT2D eigenvalue weighted by atomic mass is 10.1. The van der Waals surface area contributed by atoms with Crippen LogP contribution in [0.2, 0.25) is 0 Å². The number of carbonyl (C=O) groups excluding carboxylic acids is 1. The molecule has 1 saturated heterocycles. The molecule has 0 aliphatic carbocycles. The molecule has 0 radical (unpaired) electrons. The van der Waals surface area contributed by atoms with Crippen LogP contribution in [0.25, 0.3) is 0 Å². The van der Waals surface area contributed by atoms with E-state index in [2.05, 4.69) is 4.90 Å². The van der Waals surface area contributed by atoms with Crippen molar-refractivity contribution < 1.29 is 14.3 Å². The van der Waals surface area contributed by atoms with Gasteiger partial charge in [0.15, 0.2) is 0 Å². The predicted molar refractivity (Wildman–Crippen MR) is 77.3 cm³/mol. The zero-order chi connectivity index (χ0) is 14.2. The van der Waals surface area contributed by atoms with Crippen LogP contribution in [0.3, 0.4) is 0 Å². The van der Waals surface area contributed by atoms with Crippen LogP contribution in [0.15, 0.2) is 30.3 Å². The van der Waals surface area contributed by atoms with Crippen molar-refractivity contribution in [3.8, 4) is 0 Å². The molecule has 20 heavy (non-hydrogen) atoms. The Balaban J connectivity index is 1.73. The molecule has 1 atom stereocenters. The van der Waals surface area contributed by atoms with E-state index < -0.39 is 0 Å². The number of hydrogen-bond donors (Lipinski definition) is 0. The first-order chi connectivity index (χ1) is 9.75. The van der Waals surface area contributed by atoms with Crippen molar-refractivity contribution in [2.24, 2.45) is 5.92 Å². The van der Waals surface area contributed by atoms with Crippen LogP contribution >= 0.6 is 0 Å². The molecular weight excluding hydrogens is 254 g/mol. The van der Waals surface area contributed by atoms with Crippen LogP contribution < -0.4 is 0 Å². The first kappa shape index (κ1) is 15.0. The number of rotatable bonds is 5. The predicted octanol–water partition coefficient (Wildman–Crippen LogP) is 2.09. The van der Waals surface area contributed by atoms with Crippen molar-refractivity contribution in [3.63, 3.8) is 0 Å².